The molecule has 0 spiro atoms. The molecule has 98 valence electrons. The molecular formula is C16H15FOS. The summed E-state index contributed by atoms with van der Waals surface area (Å²) in [5.74, 6) is 0. The maximum atomic E-state index is 13.1. The second kappa shape index (κ2) is 6.53. The van der Waals surface area contributed by atoms with E-state index in [0.717, 1.165) is 22.9 Å². The van der Waals surface area contributed by atoms with Crippen molar-refractivity contribution in [1.82, 2.24) is 0 Å². The van der Waals surface area contributed by atoms with Crippen LogP contribution in [0.15, 0.2) is 60.7 Å². The van der Waals surface area contributed by atoms with E-state index >= 15 is 0 Å². The first-order valence-corrected chi connectivity index (χ1v) is 7.01. The molecule has 0 aliphatic carbocycles. The van der Waals surface area contributed by atoms with Gasteiger partial charge in [0.2, 0.25) is 5.12 Å². The van der Waals surface area contributed by atoms with Gasteiger partial charge < -0.3 is 0 Å². The van der Waals surface area contributed by atoms with Crippen LogP contribution in [0.4, 0.5) is 4.39 Å². The normalized spacial score (nSPS) is 12.4. The van der Waals surface area contributed by atoms with Crippen LogP contribution >= 0.6 is 11.8 Å². The molecular weight excluding hydrogens is 259 g/mol. The monoisotopic (exact) mass is 274 g/mol. The Hall–Kier alpha value is -1.61. The van der Waals surface area contributed by atoms with E-state index in [2.05, 4.69) is 0 Å². The maximum absolute atomic E-state index is 13.1. The van der Waals surface area contributed by atoms with Gasteiger partial charge in [0.05, 0.1) is 5.25 Å². The SMILES string of the molecule is CC(F)C(=O)SC(c1ccccc1)c1ccccc1. The maximum Gasteiger partial charge on any atom is 0.223 e. The Kier molecular flexibility index (Phi) is 4.74. The third kappa shape index (κ3) is 3.67. The van der Waals surface area contributed by atoms with Gasteiger partial charge in [-0.25, -0.2) is 4.39 Å². The molecule has 0 aromatic heterocycles. The van der Waals surface area contributed by atoms with Crippen molar-refractivity contribution in [1.29, 1.82) is 0 Å². The molecule has 0 aliphatic rings. The van der Waals surface area contributed by atoms with Crippen LogP contribution in [-0.4, -0.2) is 11.3 Å². The second-order valence-electron chi connectivity index (χ2n) is 4.25. The molecule has 0 N–H and O–H groups in total. The van der Waals surface area contributed by atoms with Gasteiger partial charge in [-0.2, -0.15) is 0 Å². The molecule has 3 heteroatoms. The van der Waals surface area contributed by atoms with E-state index in [1.807, 2.05) is 60.7 Å². The summed E-state index contributed by atoms with van der Waals surface area (Å²) in [4.78, 5) is 11.7. The zero-order valence-corrected chi connectivity index (χ0v) is 11.4. The van der Waals surface area contributed by atoms with Gasteiger partial charge in [0, 0.05) is 0 Å². The minimum atomic E-state index is -1.44. The molecule has 1 unspecified atom stereocenters. The molecule has 0 aliphatic heterocycles. The van der Waals surface area contributed by atoms with Crippen molar-refractivity contribution in [2.24, 2.45) is 0 Å². The first-order chi connectivity index (χ1) is 9.18. The van der Waals surface area contributed by atoms with Crippen LogP contribution in [0, 0.1) is 0 Å². The van der Waals surface area contributed by atoms with Gasteiger partial charge in [0.1, 0.15) is 0 Å². The number of halogens is 1. The van der Waals surface area contributed by atoms with Crippen molar-refractivity contribution in [3.63, 3.8) is 0 Å². The molecule has 0 amide bonds. The fourth-order valence-corrected chi connectivity index (χ4v) is 2.80. The highest BCUT2D eigenvalue weighted by Gasteiger charge is 2.21. The number of carbonyl (C=O) groups excluding carboxylic acids is 1. The minimum absolute atomic E-state index is 0.159. The van der Waals surface area contributed by atoms with Crippen LogP contribution in [-0.2, 0) is 4.79 Å². The number of alkyl halides is 1. The fraction of sp³-hybridized carbons (Fsp3) is 0.188. The predicted octanol–water partition coefficient (Wildman–Crippen LogP) is 4.39. The van der Waals surface area contributed by atoms with E-state index in [9.17, 15) is 9.18 Å². The van der Waals surface area contributed by atoms with Gasteiger partial charge in [-0.15, -0.1) is 0 Å². The van der Waals surface area contributed by atoms with E-state index in [1.54, 1.807) is 0 Å². The average Bonchev–Trinajstić information content (AvgIpc) is 2.46. The molecule has 0 bridgehead atoms. The zero-order valence-electron chi connectivity index (χ0n) is 10.6. The summed E-state index contributed by atoms with van der Waals surface area (Å²) in [5.41, 5.74) is 2.01. The molecule has 0 saturated carbocycles. The Balaban J connectivity index is 2.32. The van der Waals surface area contributed by atoms with Gasteiger partial charge in [-0.1, -0.05) is 72.4 Å². The number of carbonyl (C=O) groups is 1. The number of hydrogen-bond acceptors (Lipinski definition) is 2. The van der Waals surface area contributed by atoms with Crippen LogP contribution in [0.2, 0.25) is 0 Å². The smallest absolute Gasteiger partial charge is 0.223 e. The highest BCUT2D eigenvalue weighted by Crippen LogP contribution is 2.36. The number of rotatable bonds is 4. The van der Waals surface area contributed by atoms with E-state index in [1.165, 1.54) is 6.92 Å². The lowest BCUT2D eigenvalue weighted by atomic mass is 10.0. The zero-order chi connectivity index (χ0) is 13.7. The molecule has 1 nitrogen and oxygen atoms in total. The van der Waals surface area contributed by atoms with Gasteiger partial charge in [-0.05, 0) is 18.1 Å². The quantitative estimate of drug-likeness (QED) is 0.822. The van der Waals surface area contributed by atoms with Crippen molar-refractivity contribution in [3.05, 3.63) is 71.8 Å². The predicted molar refractivity (Wildman–Crippen MR) is 77.9 cm³/mol. The van der Waals surface area contributed by atoms with Crippen molar-refractivity contribution < 1.29 is 9.18 Å². The van der Waals surface area contributed by atoms with Crippen LogP contribution in [0.3, 0.4) is 0 Å². The largest absolute Gasteiger partial charge is 0.284 e. The van der Waals surface area contributed by atoms with E-state index in [0.29, 0.717) is 0 Å². The first-order valence-electron chi connectivity index (χ1n) is 6.13. The van der Waals surface area contributed by atoms with Gasteiger partial charge in [0.25, 0.3) is 0 Å². The number of benzene rings is 2. The Bertz CT molecular complexity index is 485. The van der Waals surface area contributed by atoms with Crippen LogP contribution in [0.25, 0.3) is 0 Å². The highest BCUT2D eigenvalue weighted by molar-refractivity contribution is 8.14. The summed E-state index contributed by atoms with van der Waals surface area (Å²) in [6.07, 6.45) is -1.44. The summed E-state index contributed by atoms with van der Waals surface area (Å²) in [5, 5.41) is -0.592. The van der Waals surface area contributed by atoms with E-state index in [4.69, 9.17) is 0 Å². The minimum Gasteiger partial charge on any atom is -0.284 e. The summed E-state index contributed by atoms with van der Waals surface area (Å²) in [6, 6.07) is 19.4. The standard InChI is InChI=1S/C16H15FOS/c1-12(17)16(18)19-15(13-8-4-2-5-9-13)14-10-6-3-7-11-14/h2-12,15H,1H3. The fourth-order valence-electron chi connectivity index (χ4n) is 1.79. The van der Waals surface area contributed by atoms with Crippen LogP contribution in [0.5, 0.6) is 0 Å². The Labute approximate surface area is 116 Å². The lowest BCUT2D eigenvalue weighted by molar-refractivity contribution is -0.114. The van der Waals surface area contributed by atoms with Crippen molar-refractivity contribution in [2.75, 3.05) is 0 Å². The van der Waals surface area contributed by atoms with Crippen molar-refractivity contribution >= 4 is 16.9 Å². The van der Waals surface area contributed by atoms with Gasteiger partial charge in [-0.3, -0.25) is 4.79 Å². The van der Waals surface area contributed by atoms with Crippen molar-refractivity contribution in [2.45, 2.75) is 18.3 Å². The Morgan fingerprint density at radius 3 is 1.74 bits per heavy atom. The molecule has 2 aromatic carbocycles. The van der Waals surface area contributed by atoms with Gasteiger partial charge >= 0.3 is 0 Å². The summed E-state index contributed by atoms with van der Waals surface area (Å²) < 4.78 is 13.1. The number of thioether (sulfide) groups is 1. The molecule has 0 fully saturated rings. The van der Waals surface area contributed by atoms with Gasteiger partial charge in [0.15, 0.2) is 6.17 Å². The molecule has 2 rings (SSSR count). The topological polar surface area (TPSA) is 17.1 Å². The third-order valence-electron chi connectivity index (χ3n) is 2.76. The average molecular weight is 274 g/mol. The summed E-state index contributed by atoms with van der Waals surface area (Å²) >= 11 is 1.05. The molecule has 19 heavy (non-hydrogen) atoms. The first kappa shape index (κ1) is 13.8. The van der Waals surface area contributed by atoms with E-state index < -0.39 is 11.3 Å². The molecule has 2 aromatic rings. The third-order valence-corrected chi connectivity index (χ3v) is 4.10. The number of hydrogen-bond donors (Lipinski definition) is 0. The molecule has 0 saturated heterocycles. The summed E-state index contributed by atoms with van der Waals surface area (Å²) in [7, 11) is 0. The Morgan fingerprint density at radius 2 is 1.37 bits per heavy atom. The van der Waals surface area contributed by atoms with E-state index in [-0.39, 0.29) is 5.25 Å². The van der Waals surface area contributed by atoms with Crippen LogP contribution < -0.4 is 0 Å². The lowest BCUT2D eigenvalue weighted by Gasteiger charge is -2.17. The molecule has 0 heterocycles. The second-order valence-corrected chi connectivity index (χ2v) is 5.36. The summed E-state index contributed by atoms with van der Waals surface area (Å²) in [6.45, 7) is 1.28. The highest BCUT2D eigenvalue weighted by atomic mass is 32.2. The molecule has 0 radical (unpaired) electrons. The molecule has 1 atom stereocenters. The lowest BCUT2D eigenvalue weighted by Crippen LogP contribution is -2.10. The Morgan fingerprint density at radius 1 is 0.947 bits per heavy atom. The van der Waals surface area contributed by atoms with Crippen LogP contribution in [0.1, 0.15) is 23.3 Å². The van der Waals surface area contributed by atoms with Crippen molar-refractivity contribution in [3.8, 4) is 0 Å².